The molecule has 278 valence electrons. The molecule has 0 spiro atoms. The Bertz CT molecular complexity index is 3620. The van der Waals surface area contributed by atoms with Gasteiger partial charge in [-0.3, -0.25) is 0 Å². The zero-order chi connectivity index (χ0) is 39.0. The highest BCUT2D eigenvalue weighted by atomic mass is 16.3. The summed E-state index contributed by atoms with van der Waals surface area (Å²) >= 11 is 0. The van der Waals surface area contributed by atoms with Gasteiger partial charge in [-0.15, -0.1) is 0 Å². The topological polar surface area (TPSA) is 42.8 Å². The van der Waals surface area contributed by atoms with E-state index < -0.39 is 0 Å². The Morgan fingerprint density at radius 2 is 1.07 bits per heavy atom. The maximum absolute atomic E-state index is 6.84. The van der Waals surface area contributed by atoms with Crippen molar-refractivity contribution in [2.45, 2.75) is 19.8 Å². The van der Waals surface area contributed by atoms with Gasteiger partial charge in [-0.1, -0.05) is 146 Å². The Morgan fingerprint density at radius 3 is 1.85 bits per heavy atom. The molecule has 1 aliphatic heterocycles. The van der Waals surface area contributed by atoms with Crippen LogP contribution in [0.15, 0.2) is 202 Å². The summed E-state index contributed by atoms with van der Waals surface area (Å²) in [5, 5.41) is 11.7. The summed E-state index contributed by atoms with van der Waals surface area (Å²) in [5.41, 5.74) is 11.4. The Labute approximate surface area is 340 Å². The molecule has 2 aromatic heterocycles. The minimum atomic E-state index is 0.709. The maximum Gasteiger partial charge on any atom is 0.160 e. The van der Waals surface area contributed by atoms with E-state index in [0.717, 1.165) is 90.4 Å². The van der Waals surface area contributed by atoms with Gasteiger partial charge in [-0.05, 0) is 99.6 Å². The van der Waals surface area contributed by atoms with Crippen LogP contribution in [0, 0.1) is 0 Å². The molecule has 1 aliphatic rings. The first-order valence-electron chi connectivity index (χ1n) is 20.4. The van der Waals surface area contributed by atoms with E-state index in [-0.39, 0.29) is 0 Å². The van der Waals surface area contributed by atoms with Crippen molar-refractivity contribution in [2.24, 2.45) is 9.98 Å². The smallest absolute Gasteiger partial charge is 0.160 e. The largest absolute Gasteiger partial charge is 0.454 e. The number of allylic oxidation sites excluding steroid dienone is 1. The van der Waals surface area contributed by atoms with Gasteiger partial charge >= 0.3 is 0 Å². The first kappa shape index (κ1) is 33.6. The molecule has 11 aromatic rings. The van der Waals surface area contributed by atoms with E-state index in [1.807, 2.05) is 6.07 Å². The van der Waals surface area contributed by atoms with Crippen molar-refractivity contribution in [2.75, 3.05) is 0 Å². The molecule has 59 heavy (non-hydrogen) atoms. The molecule has 0 radical (unpaired) electrons. The van der Waals surface area contributed by atoms with Crippen molar-refractivity contribution < 1.29 is 4.42 Å². The van der Waals surface area contributed by atoms with Crippen LogP contribution in [0.25, 0.3) is 87.4 Å². The number of hydrogen-bond acceptors (Lipinski definition) is 3. The Kier molecular flexibility index (Phi) is 7.54. The highest BCUT2D eigenvalue weighted by Gasteiger charge is 2.23. The van der Waals surface area contributed by atoms with E-state index in [4.69, 9.17) is 14.4 Å². The number of hydrogen-bond donors (Lipinski definition) is 0. The van der Waals surface area contributed by atoms with Gasteiger partial charge < -0.3 is 8.98 Å². The highest BCUT2D eigenvalue weighted by Crippen LogP contribution is 2.41. The second-order valence-corrected chi connectivity index (χ2v) is 15.7. The highest BCUT2D eigenvalue weighted by molar-refractivity contribution is 6.21. The van der Waals surface area contributed by atoms with Crippen molar-refractivity contribution in [1.29, 1.82) is 0 Å². The predicted octanol–water partition coefficient (Wildman–Crippen LogP) is 14.6. The Hall–Kier alpha value is -7.56. The number of nitrogens with zero attached hydrogens (tertiary/aromatic N) is 3. The van der Waals surface area contributed by atoms with Gasteiger partial charge in [0.25, 0.3) is 0 Å². The van der Waals surface area contributed by atoms with E-state index in [0.29, 0.717) is 5.84 Å². The number of aliphatic imine (C=N–C) groups is 2. The van der Waals surface area contributed by atoms with E-state index in [1.54, 1.807) is 0 Å². The molecular weight excluding hydrogens is 719 g/mol. The lowest BCUT2D eigenvalue weighted by Gasteiger charge is -2.19. The third kappa shape index (κ3) is 5.37. The molecule has 9 aromatic carbocycles. The predicted molar refractivity (Wildman–Crippen MR) is 248 cm³/mol. The van der Waals surface area contributed by atoms with Crippen molar-refractivity contribution in [3.8, 4) is 5.69 Å². The van der Waals surface area contributed by atoms with Crippen molar-refractivity contribution in [3.63, 3.8) is 0 Å². The summed E-state index contributed by atoms with van der Waals surface area (Å²) in [6.07, 6.45) is 1.55. The monoisotopic (exact) mass is 755 g/mol. The zero-order valence-electron chi connectivity index (χ0n) is 32.5. The molecule has 4 heteroatoms. The van der Waals surface area contributed by atoms with Crippen LogP contribution in [0.5, 0.6) is 0 Å². The van der Waals surface area contributed by atoms with Gasteiger partial charge in [0.2, 0.25) is 0 Å². The molecule has 0 fully saturated rings. The average Bonchev–Trinajstić information content (AvgIpc) is 3.82. The van der Waals surface area contributed by atoms with Crippen LogP contribution in [-0.2, 0) is 0 Å². The second kappa shape index (κ2) is 13.3. The standard InChI is InChI=1S/C55H37N3O/c1-34-28-29-48(56-55(45-25-13-19-36-15-5-7-21-41(36)45)57-53(34)44-24-12-18-35-14-4-6-20-40(35)44)39-31-47-43-23-9-11-27-52(43)59-54(47)51(33-39)58-49-26-10-8-22-42(49)46-30-37-16-2-3-17-38(37)32-50(46)58/h2-27,30-33H,28-29H2,1H3/b53-34-,56-48+,57-55-. The quantitative estimate of drug-likeness (QED) is 0.176. The summed E-state index contributed by atoms with van der Waals surface area (Å²) < 4.78 is 9.24. The summed E-state index contributed by atoms with van der Waals surface area (Å²) in [5.74, 6) is 0.709. The number of amidine groups is 1. The summed E-state index contributed by atoms with van der Waals surface area (Å²) in [4.78, 5) is 11.3. The van der Waals surface area contributed by atoms with Crippen LogP contribution >= 0.6 is 0 Å². The zero-order valence-corrected chi connectivity index (χ0v) is 32.5. The Morgan fingerprint density at radius 1 is 0.458 bits per heavy atom. The summed E-state index contributed by atoms with van der Waals surface area (Å²) in [6, 6.07) is 65.1. The molecule has 0 amide bonds. The number of fused-ring (bicyclic) bond motifs is 9. The molecular formula is C55H37N3O. The lowest BCUT2D eigenvalue weighted by Crippen LogP contribution is -2.12. The number of furan rings is 1. The molecule has 0 bridgehead atoms. The fraction of sp³-hybridized carbons (Fsp3) is 0.0545. The van der Waals surface area contributed by atoms with Crippen molar-refractivity contribution >= 4 is 93.3 Å². The maximum atomic E-state index is 6.84. The second-order valence-electron chi connectivity index (χ2n) is 15.7. The minimum absolute atomic E-state index is 0.709. The fourth-order valence-electron chi connectivity index (χ4n) is 9.36. The van der Waals surface area contributed by atoms with Gasteiger partial charge in [-0.25, -0.2) is 9.98 Å². The van der Waals surface area contributed by atoms with Crippen LogP contribution < -0.4 is 0 Å². The average molecular weight is 756 g/mol. The van der Waals surface area contributed by atoms with E-state index >= 15 is 0 Å². The third-order valence-electron chi connectivity index (χ3n) is 12.2. The van der Waals surface area contributed by atoms with Gasteiger partial charge in [0, 0.05) is 32.7 Å². The SMILES string of the molecule is C/C1=C(c2cccc3ccccc23)/N=C(c2cccc3ccccc23)\N=C(\c2cc(-n3c4ccccc4c4cc5ccccc5cc43)c3oc4ccccc4c3c2)CC1. The lowest BCUT2D eigenvalue weighted by atomic mass is 9.94. The van der Waals surface area contributed by atoms with E-state index in [9.17, 15) is 0 Å². The number of benzene rings is 9. The van der Waals surface area contributed by atoms with Crippen molar-refractivity contribution in [1.82, 2.24) is 4.57 Å². The minimum Gasteiger partial charge on any atom is -0.454 e. The van der Waals surface area contributed by atoms with Gasteiger partial charge in [0.15, 0.2) is 11.4 Å². The molecule has 0 N–H and O–H groups in total. The third-order valence-corrected chi connectivity index (χ3v) is 12.2. The molecule has 0 saturated carbocycles. The Balaban J connectivity index is 1.15. The molecule has 3 heterocycles. The molecule has 12 rings (SSSR count). The van der Waals surface area contributed by atoms with E-state index in [1.165, 1.54) is 37.9 Å². The molecule has 0 atom stereocenters. The molecule has 0 aliphatic carbocycles. The number of aromatic nitrogens is 1. The summed E-state index contributed by atoms with van der Waals surface area (Å²) in [6.45, 7) is 2.24. The van der Waals surface area contributed by atoms with Crippen LogP contribution in [-0.4, -0.2) is 16.1 Å². The van der Waals surface area contributed by atoms with E-state index in [2.05, 4.69) is 187 Å². The fourth-order valence-corrected chi connectivity index (χ4v) is 9.36. The first-order valence-corrected chi connectivity index (χ1v) is 20.4. The number of rotatable bonds is 4. The van der Waals surface area contributed by atoms with Crippen LogP contribution in [0.2, 0.25) is 0 Å². The molecule has 0 saturated heterocycles. The molecule has 0 unspecified atom stereocenters. The van der Waals surface area contributed by atoms with Crippen molar-refractivity contribution in [3.05, 3.63) is 204 Å². The van der Waals surface area contributed by atoms with Gasteiger partial charge in [0.05, 0.1) is 28.1 Å². The lowest BCUT2D eigenvalue weighted by molar-refractivity contribution is 0.666. The molecule has 4 nitrogen and oxygen atoms in total. The van der Waals surface area contributed by atoms with Gasteiger partial charge in [-0.2, -0.15) is 0 Å². The summed E-state index contributed by atoms with van der Waals surface area (Å²) in [7, 11) is 0. The van der Waals surface area contributed by atoms with Gasteiger partial charge in [0.1, 0.15) is 5.58 Å². The normalized spacial score (nSPS) is 16.8. The van der Waals surface area contributed by atoms with Crippen LogP contribution in [0.3, 0.4) is 0 Å². The number of para-hydroxylation sites is 2. The van der Waals surface area contributed by atoms with Crippen LogP contribution in [0.4, 0.5) is 0 Å². The van der Waals surface area contributed by atoms with Crippen LogP contribution in [0.1, 0.15) is 36.5 Å². The first-order chi connectivity index (χ1) is 29.2.